The number of hydrogen-bond acceptors (Lipinski definition) is 5. The first-order valence-corrected chi connectivity index (χ1v) is 12.6. The van der Waals surface area contributed by atoms with Crippen LogP contribution >= 0.6 is 11.6 Å². The van der Waals surface area contributed by atoms with Crippen molar-refractivity contribution < 1.29 is 17.6 Å². The highest BCUT2D eigenvalue weighted by Gasteiger charge is 2.42. The van der Waals surface area contributed by atoms with Crippen LogP contribution in [0.3, 0.4) is 0 Å². The molecule has 1 N–H and O–H groups in total. The Morgan fingerprint density at radius 3 is 2.56 bits per heavy atom. The van der Waals surface area contributed by atoms with E-state index in [1.165, 1.54) is 41.1 Å². The van der Waals surface area contributed by atoms with Gasteiger partial charge in [-0.2, -0.15) is 4.31 Å². The van der Waals surface area contributed by atoms with Gasteiger partial charge in [-0.1, -0.05) is 11.6 Å². The van der Waals surface area contributed by atoms with E-state index in [4.69, 9.17) is 11.6 Å². The summed E-state index contributed by atoms with van der Waals surface area (Å²) in [5, 5.41) is 3.44. The van der Waals surface area contributed by atoms with Gasteiger partial charge in [0.15, 0.2) is 0 Å². The van der Waals surface area contributed by atoms with Gasteiger partial charge in [-0.3, -0.25) is 14.8 Å². The summed E-state index contributed by atoms with van der Waals surface area (Å²) in [6.07, 6.45) is 4.91. The van der Waals surface area contributed by atoms with E-state index in [2.05, 4.69) is 15.3 Å². The van der Waals surface area contributed by atoms with Crippen molar-refractivity contribution in [3.8, 4) is 0 Å². The minimum atomic E-state index is -3.73. The first-order valence-electron chi connectivity index (χ1n) is 10.8. The SMILES string of the molecule is Cc1cc(Cl)ccc1C(=O)NCC1(c2ncccc2F)CCN(S(=O)(=O)c2cccnc2)CC1. The van der Waals surface area contributed by atoms with Crippen LogP contribution in [0.25, 0.3) is 0 Å². The van der Waals surface area contributed by atoms with E-state index in [0.717, 1.165) is 5.56 Å². The van der Waals surface area contributed by atoms with E-state index >= 15 is 0 Å². The van der Waals surface area contributed by atoms with Gasteiger partial charge in [-0.25, -0.2) is 12.8 Å². The van der Waals surface area contributed by atoms with Crippen molar-refractivity contribution in [2.45, 2.75) is 30.1 Å². The van der Waals surface area contributed by atoms with Crippen LogP contribution in [-0.4, -0.2) is 48.2 Å². The molecule has 7 nitrogen and oxygen atoms in total. The number of hydrogen-bond donors (Lipinski definition) is 1. The van der Waals surface area contributed by atoms with Crippen LogP contribution in [0.4, 0.5) is 4.39 Å². The number of amides is 1. The average molecular weight is 503 g/mol. The molecule has 1 fully saturated rings. The third-order valence-corrected chi connectivity index (χ3v) is 8.35. The van der Waals surface area contributed by atoms with Crippen molar-refractivity contribution in [1.29, 1.82) is 0 Å². The molecule has 34 heavy (non-hydrogen) atoms. The van der Waals surface area contributed by atoms with Gasteiger partial charge in [-0.15, -0.1) is 0 Å². The predicted molar refractivity (Wildman–Crippen MR) is 127 cm³/mol. The second-order valence-corrected chi connectivity index (χ2v) is 10.7. The molecule has 3 heterocycles. The summed E-state index contributed by atoms with van der Waals surface area (Å²) in [6.45, 7) is 2.21. The van der Waals surface area contributed by atoms with Crippen LogP contribution < -0.4 is 5.32 Å². The van der Waals surface area contributed by atoms with Gasteiger partial charge in [0, 0.05) is 54.2 Å². The van der Waals surface area contributed by atoms with Crippen LogP contribution in [-0.2, 0) is 15.4 Å². The standard InChI is InChI=1S/C24H24ClFN4O3S/c1-17-14-18(25)6-7-20(17)23(31)29-16-24(22-21(26)5-3-11-28-22)8-12-30(13-9-24)34(32,33)19-4-2-10-27-15-19/h2-7,10-11,14-15H,8-9,12-13,16H2,1H3,(H,29,31). The van der Waals surface area contributed by atoms with E-state index in [9.17, 15) is 17.6 Å². The lowest BCUT2D eigenvalue weighted by atomic mass is 9.75. The van der Waals surface area contributed by atoms with Crippen molar-refractivity contribution in [1.82, 2.24) is 19.6 Å². The Labute approximate surface area is 203 Å². The minimum absolute atomic E-state index is 0.109. The number of aryl methyl sites for hydroxylation is 1. The smallest absolute Gasteiger partial charge is 0.251 e. The number of pyridine rings is 2. The van der Waals surface area contributed by atoms with Gasteiger partial charge < -0.3 is 5.32 Å². The Bertz CT molecular complexity index is 1300. The van der Waals surface area contributed by atoms with Crippen LogP contribution in [0.1, 0.15) is 34.5 Å². The van der Waals surface area contributed by atoms with Gasteiger partial charge in [0.25, 0.3) is 5.91 Å². The molecule has 10 heteroatoms. The van der Waals surface area contributed by atoms with E-state index in [1.54, 1.807) is 31.2 Å². The monoisotopic (exact) mass is 502 g/mol. The highest BCUT2D eigenvalue weighted by molar-refractivity contribution is 7.89. The number of carbonyl (C=O) groups excluding carboxylic acids is 1. The summed E-state index contributed by atoms with van der Waals surface area (Å²) in [7, 11) is -3.73. The summed E-state index contributed by atoms with van der Waals surface area (Å²) >= 11 is 6.00. The molecule has 0 bridgehead atoms. The summed E-state index contributed by atoms with van der Waals surface area (Å²) in [5.74, 6) is -0.793. The molecular formula is C24H24ClFN4O3S. The molecule has 2 aromatic heterocycles. The second kappa shape index (κ2) is 9.77. The molecule has 4 rings (SSSR count). The molecule has 1 saturated heterocycles. The summed E-state index contributed by atoms with van der Waals surface area (Å²) in [6, 6.07) is 10.9. The number of piperidine rings is 1. The molecule has 1 aliphatic rings. The molecule has 1 amide bonds. The molecule has 0 aliphatic carbocycles. The average Bonchev–Trinajstić information content (AvgIpc) is 2.83. The van der Waals surface area contributed by atoms with Crippen molar-refractivity contribution in [2.75, 3.05) is 19.6 Å². The van der Waals surface area contributed by atoms with Crippen LogP contribution in [0.15, 0.2) is 66.0 Å². The number of benzene rings is 1. The number of halogens is 2. The lowest BCUT2D eigenvalue weighted by Gasteiger charge is -2.41. The maximum atomic E-state index is 14.8. The predicted octanol–water partition coefficient (Wildman–Crippen LogP) is 3.73. The molecule has 1 aromatic carbocycles. The molecule has 0 spiro atoms. The minimum Gasteiger partial charge on any atom is -0.351 e. The van der Waals surface area contributed by atoms with E-state index < -0.39 is 21.3 Å². The molecule has 0 unspecified atom stereocenters. The van der Waals surface area contributed by atoms with Crippen molar-refractivity contribution in [2.24, 2.45) is 0 Å². The van der Waals surface area contributed by atoms with Gasteiger partial charge in [0.1, 0.15) is 10.7 Å². The quantitative estimate of drug-likeness (QED) is 0.554. The summed E-state index contributed by atoms with van der Waals surface area (Å²) in [5.41, 5.74) is 0.557. The third-order valence-electron chi connectivity index (χ3n) is 6.23. The Kier molecular flexibility index (Phi) is 6.97. The number of sulfonamides is 1. The maximum Gasteiger partial charge on any atom is 0.251 e. The summed E-state index contributed by atoms with van der Waals surface area (Å²) < 4.78 is 42.3. The van der Waals surface area contributed by atoms with Gasteiger partial charge in [0.2, 0.25) is 10.0 Å². The highest BCUT2D eigenvalue weighted by Crippen LogP contribution is 2.37. The largest absolute Gasteiger partial charge is 0.351 e. The number of nitrogens with zero attached hydrogens (tertiary/aromatic N) is 3. The molecule has 178 valence electrons. The fourth-order valence-electron chi connectivity index (χ4n) is 4.30. The lowest BCUT2D eigenvalue weighted by molar-refractivity contribution is 0.0930. The number of aromatic nitrogens is 2. The third kappa shape index (κ3) is 4.82. The highest BCUT2D eigenvalue weighted by atomic mass is 35.5. The number of carbonyl (C=O) groups is 1. The number of rotatable bonds is 6. The number of nitrogens with one attached hydrogen (secondary N) is 1. The molecular weight excluding hydrogens is 479 g/mol. The van der Waals surface area contributed by atoms with Gasteiger partial charge >= 0.3 is 0 Å². The van der Waals surface area contributed by atoms with E-state index in [1.807, 2.05) is 0 Å². The Morgan fingerprint density at radius 1 is 1.18 bits per heavy atom. The maximum absolute atomic E-state index is 14.8. The Balaban J connectivity index is 1.58. The zero-order valence-corrected chi connectivity index (χ0v) is 20.1. The van der Waals surface area contributed by atoms with E-state index in [0.29, 0.717) is 23.4 Å². The van der Waals surface area contributed by atoms with Crippen LogP contribution in [0.2, 0.25) is 5.02 Å². The van der Waals surface area contributed by atoms with Crippen LogP contribution in [0, 0.1) is 12.7 Å². The first kappa shape index (κ1) is 24.3. The molecule has 0 radical (unpaired) electrons. The molecule has 0 atom stereocenters. The van der Waals surface area contributed by atoms with Crippen molar-refractivity contribution in [3.05, 3.63) is 88.7 Å². The Hall–Kier alpha value is -2.88. The second-order valence-electron chi connectivity index (χ2n) is 8.35. The molecule has 3 aromatic rings. The molecule has 0 saturated carbocycles. The molecule has 1 aliphatic heterocycles. The first-order chi connectivity index (χ1) is 16.2. The Morgan fingerprint density at radius 2 is 1.91 bits per heavy atom. The summed E-state index contributed by atoms with van der Waals surface area (Å²) in [4.78, 5) is 21.2. The zero-order chi connectivity index (χ0) is 24.3. The van der Waals surface area contributed by atoms with E-state index in [-0.39, 0.29) is 36.1 Å². The fourth-order valence-corrected chi connectivity index (χ4v) is 5.94. The zero-order valence-electron chi connectivity index (χ0n) is 18.5. The lowest BCUT2D eigenvalue weighted by Crippen LogP contribution is -2.51. The topological polar surface area (TPSA) is 92.3 Å². The normalized spacial score (nSPS) is 16.2. The van der Waals surface area contributed by atoms with Crippen molar-refractivity contribution >= 4 is 27.5 Å². The van der Waals surface area contributed by atoms with Crippen molar-refractivity contribution in [3.63, 3.8) is 0 Å². The van der Waals surface area contributed by atoms with Crippen LogP contribution in [0.5, 0.6) is 0 Å². The fraction of sp³-hybridized carbons (Fsp3) is 0.292. The van der Waals surface area contributed by atoms with Gasteiger partial charge in [-0.05, 0) is 67.8 Å². The van der Waals surface area contributed by atoms with Gasteiger partial charge in [0.05, 0.1) is 5.69 Å².